The number of hydrogen-bond acceptors (Lipinski definition) is 1. The third kappa shape index (κ3) is 6.52. The van der Waals surface area contributed by atoms with Crippen LogP contribution in [0.5, 0.6) is 0 Å². The highest BCUT2D eigenvalue weighted by molar-refractivity contribution is 4.80. The van der Waals surface area contributed by atoms with Crippen molar-refractivity contribution in [3.8, 4) is 0 Å². The molecule has 1 saturated carbocycles. The van der Waals surface area contributed by atoms with E-state index in [0.29, 0.717) is 0 Å². The normalized spacial score (nSPS) is 28.7. The van der Waals surface area contributed by atoms with Gasteiger partial charge in [0.25, 0.3) is 0 Å². The molecule has 16 heavy (non-hydrogen) atoms. The van der Waals surface area contributed by atoms with E-state index >= 15 is 0 Å². The molecule has 0 aromatic carbocycles. The molecule has 1 aliphatic rings. The molecule has 0 aromatic heterocycles. The second-order valence-electron chi connectivity index (χ2n) is 4.54. The van der Waals surface area contributed by atoms with E-state index in [1.54, 1.807) is 0 Å². The van der Waals surface area contributed by atoms with Gasteiger partial charge in [0.1, 0.15) is 0 Å². The maximum Gasteiger partial charge on any atom is 0.0543 e. The highest BCUT2D eigenvalue weighted by Crippen LogP contribution is 2.36. The average Bonchev–Trinajstić information content (AvgIpc) is 2.34. The van der Waals surface area contributed by atoms with Gasteiger partial charge in [-0.1, -0.05) is 54.9 Å². The molecule has 1 fully saturated rings. The van der Waals surface area contributed by atoms with Crippen molar-refractivity contribution in [3.05, 3.63) is 0 Å². The van der Waals surface area contributed by atoms with Crippen molar-refractivity contribution in [2.45, 2.75) is 80.3 Å². The van der Waals surface area contributed by atoms with Crippen LogP contribution in [-0.4, -0.2) is 11.2 Å². The summed E-state index contributed by atoms with van der Waals surface area (Å²) in [5.41, 5.74) is 0. The molecule has 1 N–H and O–H groups in total. The molecule has 0 aromatic rings. The van der Waals surface area contributed by atoms with Crippen LogP contribution in [-0.2, 0) is 0 Å². The Morgan fingerprint density at radius 3 is 1.94 bits per heavy atom. The van der Waals surface area contributed by atoms with Gasteiger partial charge in [-0.05, 0) is 37.0 Å². The number of rotatable bonds is 2. The van der Waals surface area contributed by atoms with Crippen LogP contribution < -0.4 is 0 Å². The first kappa shape index (κ1) is 18.3. The third-order valence-corrected chi connectivity index (χ3v) is 3.40. The Balaban J connectivity index is 0. The molecule has 1 heteroatoms. The van der Waals surface area contributed by atoms with Crippen molar-refractivity contribution < 1.29 is 5.11 Å². The van der Waals surface area contributed by atoms with Gasteiger partial charge in [-0.25, -0.2) is 0 Å². The zero-order valence-electron chi connectivity index (χ0n) is 12.6. The summed E-state index contributed by atoms with van der Waals surface area (Å²) < 4.78 is 0. The first-order chi connectivity index (χ1) is 7.65. The zero-order chi connectivity index (χ0) is 13.1. The largest absolute Gasteiger partial charge is 0.393 e. The first-order valence-electron chi connectivity index (χ1n) is 7.33. The Bertz CT molecular complexity index is 131. The van der Waals surface area contributed by atoms with Crippen LogP contribution in [0.15, 0.2) is 0 Å². The van der Waals surface area contributed by atoms with Gasteiger partial charge in [0.2, 0.25) is 0 Å². The SMILES string of the molecule is CC.CC.CCC1CCC(O)CC1C(C)C. The molecule has 0 spiro atoms. The van der Waals surface area contributed by atoms with E-state index in [2.05, 4.69) is 20.8 Å². The zero-order valence-corrected chi connectivity index (χ0v) is 12.6. The Morgan fingerprint density at radius 2 is 1.56 bits per heavy atom. The lowest BCUT2D eigenvalue weighted by atomic mass is 9.71. The molecule has 1 nitrogen and oxygen atoms in total. The minimum Gasteiger partial charge on any atom is -0.393 e. The van der Waals surface area contributed by atoms with Gasteiger partial charge >= 0.3 is 0 Å². The summed E-state index contributed by atoms with van der Waals surface area (Å²) in [4.78, 5) is 0. The van der Waals surface area contributed by atoms with Gasteiger partial charge < -0.3 is 5.11 Å². The minimum absolute atomic E-state index is 0.0137. The van der Waals surface area contributed by atoms with Gasteiger partial charge in [0.05, 0.1) is 6.10 Å². The fourth-order valence-corrected chi connectivity index (χ4v) is 2.57. The quantitative estimate of drug-likeness (QED) is 0.716. The van der Waals surface area contributed by atoms with Crippen molar-refractivity contribution in [2.75, 3.05) is 0 Å². The van der Waals surface area contributed by atoms with E-state index in [1.807, 2.05) is 27.7 Å². The fraction of sp³-hybridized carbons (Fsp3) is 1.00. The smallest absolute Gasteiger partial charge is 0.0543 e. The van der Waals surface area contributed by atoms with Crippen LogP contribution in [0.3, 0.4) is 0 Å². The number of aliphatic hydroxyl groups excluding tert-OH is 1. The summed E-state index contributed by atoms with van der Waals surface area (Å²) in [6.45, 7) is 14.8. The van der Waals surface area contributed by atoms with Crippen LogP contribution in [0.1, 0.15) is 74.1 Å². The first-order valence-corrected chi connectivity index (χ1v) is 7.33. The van der Waals surface area contributed by atoms with Gasteiger partial charge in [-0.15, -0.1) is 0 Å². The highest BCUT2D eigenvalue weighted by Gasteiger charge is 2.30. The van der Waals surface area contributed by atoms with Crippen LogP contribution in [0.2, 0.25) is 0 Å². The van der Waals surface area contributed by atoms with Crippen LogP contribution in [0.4, 0.5) is 0 Å². The minimum atomic E-state index is -0.0137. The molecule has 3 atom stereocenters. The topological polar surface area (TPSA) is 20.2 Å². The van der Waals surface area contributed by atoms with Crippen molar-refractivity contribution in [2.24, 2.45) is 17.8 Å². The second kappa shape index (κ2) is 11.4. The lowest BCUT2D eigenvalue weighted by molar-refractivity contribution is 0.0480. The maximum absolute atomic E-state index is 9.54. The van der Waals surface area contributed by atoms with Crippen LogP contribution >= 0.6 is 0 Å². The Hall–Kier alpha value is -0.0400. The number of aliphatic hydroxyl groups is 1. The van der Waals surface area contributed by atoms with E-state index in [-0.39, 0.29) is 6.10 Å². The third-order valence-electron chi connectivity index (χ3n) is 3.40. The Labute approximate surface area is 104 Å². The van der Waals surface area contributed by atoms with E-state index in [1.165, 1.54) is 12.8 Å². The molecule has 0 heterocycles. The van der Waals surface area contributed by atoms with Gasteiger partial charge in [-0.3, -0.25) is 0 Å². The van der Waals surface area contributed by atoms with Crippen molar-refractivity contribution in [3.63, 3.8) is 0 Å². The summed E-state index contributed by atoms with van der Waals surface area (Å²) in [7, 11) is 0. The lowest BCUT2D eigenvalue weighted by Gasteiger charge is -2.36. The van der Waals surface area contributed by atoms with E-state index < -0.39 is 0 Å². The van der Waals surface area contributed by atoms with E-state index in [0.717, 1.165) is 30.6 Å². The Morgan fingerprint density at radius 1 is 1.06 bits per heavy atom. The fourth-order valence-electron chi connectivity index (χ4n) is 2.57. The summed E-state index contributed by atoms with van der Waals surface area (Å²) >= 11 is 0. The lowest BCUT2D eigenvalue weighted by Crippen LogP contribution is -2.30. The monoisotopic (exact) mass is 230 g/mol. The summed E-state index contributed by atoms with van der Waals surface area (Å²) in [5.74, 6) is 2.37. The summed E-state index contributed by atoms with van der Waals surface area (Å²) in [5, 5.41) is 9.54. The molecule has 0 radical (unpaired) electrons. The van der Waals surface area contributed by atoms with Gasteiger partial charge in [0.15, 0.2) is 0 Å². The summed E-state index contributed by atoms with van der Waals surface area (Å²) in [6, 6.07) is 0. The molecule has 1 rings (SSSR count). The Kier molecular flexibility index (Phi) is 13.1. The molecule has 0 amide bonds. The van der Waals surface area contributed by atoms with E-state index in [4.69, 9.17) is 0 Å². The molecule has 3 unspecified atom stereocenters. The highest BCUT2D eigenvalue weighted by atomic mass is 16.3. The molecule has 1 aliphatic carbocycles. The van der Waals surface area contributed by atoms with Gasteiger partial charge in [-0.2, -0.15) is 0 Å². The molecule has 0 aliphatic heterocycles. The van der Waals surface area contributed by atoms with Crippen LogP contribution in [0, 0.1) is 17.8 Å². The molecular weight excluding hydrogens is 196 g/mol. The van der Waals surface area contributed by atoms with Gasteiger partial charge in [0, 0.05) is 0 Å². The van der Waals surface area contributed by atoms with E-state index in [9.17, 15) is 5.11 Å². The van der Waals surface area contributed by atoms with Crippen molar-refractivity contribution >= 4 is 0 Å². The second-order valence-corrected chi connectivity index (χ2v) is 4.54. The molecule has 0 saturated heterocycles. The molecular formula is C15H34O. The number of hydrogen-bond donors (Lipinski definition) is 1. The average molecular weight is 230 g/mol. The van der Waals surface area contributed by atoms with Crippen LogP contribution in [0.25, 0.3) is 0 Å². The predicted molar refractivity (Wildman–Crippen MR) is 74.7 cm³/mol. The molecule has 100 valence electrons. The predicted octanol–water partition coefficient (Wildman–Crippen LogP) is 4.88. The van der Waals surface area contributed by atoms with Crippen molar-refractivity contribution in [1.29, 1.82) is 0 Å². The summed E-state index contributed by atoms with van der Waals surface area (Å²) in [6.07, 6.45) is 4.58. The standard InChI is InChI=1S/C11H22O.2C2H6/c1-4-9-5-6-10(12)7-11(9)8(2)3;2*1-2/h8-12H,4-7H2,1-3H3;2*1-2H3. The molecule has 0 bridgehead atoms. The van der Waals surface area contributed by atoms with Crippen molar-refractivity contribution in [1.82, 2.24) is 0 Å². The maximum atomic E-state index is 9.54.